The molecule has 2 aromatic rings. The van der Waals surface area contributed by atoms with E-state index in [2.05, 4.69) is 10.3 Å². The van der Waals surface area contributed by atoms with E-state index in [1.165, 1.54) is 25.4 Å². The van der Waals surface area contributed by atoms with Crippen LogP contribution in [0.1, 0.15) is 15.9 Å². The fourth-order valence-corrected chi connectivity index (χ4v) is 1.67. The predicted octanol–water partition coefficient (Wildman–Crippen LogP) is 3.13. The first-order valence-electron chi connectivity index (χ1n) is 5.77. The lowest BCUT2D eigenvalue weighted by Crippen LogP contribution is -2.17. The molecule has 1 amide bonds. The molecule has 104 valence electrons. The topological polar surface area (TPSA) is 42.0 Å². The van der Waals surface area contributed by atoms with E-state index >= 15 is 0 Å². The van der Waals surface area contributed by atoms with Crippen molar-refractivity contribution in [3.05, 3.63) is 53.7 Å². The van der Waals surface area contributed by atoms with E-state index in [1.54, 1.807) is 12.1 Å². The van der Waals surface area contributed by atoms with Crippen LogP contribution < -0.4 is 5.32 Å². The van der Waals surface area contributed by atoms with E-state index < -0.39 is 11.7 Å². The number of nitrogens with one attached hydrogen (secondary N) is 1. The second kappa shape index (κ2) is 5.32. The van der Waals surface area contributed by atoms with Gasteiger partial charge in [-0.15, -0.1) is 0 Å². The number of halogens is 3. The molecule has 3 nitrogen and oxygen atoms in total. The molecular formula is C14H11F3N2O. The SMILES string of the molecule is CNC(=O)c1ccc(-c2ccc(C(F)(F)F)cc2)nc1. The molecule has 1 aromatic carbocycles. The van der Waals surface area contributed by atoms with Crippen molar-refractivity contribution in [1.82, 2.24) is 10.3 Å². The Kier molecular flexibility index (Phi) is 3.74. The van der Waals surface area contributed by atoms with E-state index in [4.69, 9.17) is 0 Å². The van der Waals surface area contributed by atoms with Gasteiger partial charge >= 0.3 is 6.18 Å². The smallest absolute Gasteiger partial charge is 0.355 e. The third kappa shape index (κ3) is 2.96. The van der Waals surface area contributed by atoms with Crippen LogP contribution in [0.3, 0.4) is 0 Å². The van der Waals surface area contributed by atoms with Crippen LogP contribution in [0.4, 0.5) is 13.2 Å². The monoisotopic (exact) mass is 280 g/mol. The number of hydrogen-bond acceptors (Lipinski definition) is 2. The summed E-state index contributed by atoms with van der Waals surface area (Å²) in [5.41, 5.74) is 0.749. The fraction of sp³-hybridized carbons (Fsp3) is 0.143. The van der Waals surface area contributed by atoms with Crippen LogP contribution in [-0.4, -0.2) is 17.9 Å². The van der Waals surface area contributed by atoms with Gasteiger partial charge in [-0.2, -0.15) is 13.2 Å². The summed E-state index contributed by atoms with van der Waals surface area (Å²) in [4.78, 5) is 15.4. The van der Waals surface area contributed by atoms with Gasteiger partial charge in [0, 0.05) is 18.8 Å². The molecule has 0 saturated heterocycles. The minimum atomic E-state index is -4.35. The molecule has 0 spiro atoms. The van der Waals surface area contributed by atoms with E-state index in [1.807, 2.05) is 0 Å². The van der Waals surface area contributed by atoms with Crippen molar-refractivity contribution in [1.29, 1.82) is 0 Å². The highest BCUT2D eigenvalue weighted by atomic mass is 19.4. The molecule has 1 heterocycles. The van der Waals surface area contributed by atoms with Gasteiger partial charge in [-0.05, 0) is 24.3 Å². The van der Waals surface area contributed by atoms with Crippen LogP contribution in [-0.2, 0) is 6.18 Å². The molecule has 0 bridgehead atoms. The molecule has 0 aliphatic heterocycles. The first kappa shape index (κ1) is 14.0. The number of benzene rings is 1. The molecule has 0 aliphatic carbocycles. The van der Waals surface area contributed by atoms with Crippen LogP contribution in [0, 0.1) is 0 Å². The Bertz CT molecular complexity index is 604. The van der Waals surface area contributed by atoms with E-state index in [0.717, 1.165) is 12.1 Å². The molecule has 0 fully saturated rings. The van der Waals surface area contributed by atoms with Crippen molar-refractivity contribution in [2.75, 3.05) is 7.05 Å². The molecule has 0 saturated carbocycles. The molecule has 0 aliphatic rings. The maximum Gasteiger partial charge on any atom is 0.416 e. The standard InChI is InChI=1S/C14H11F3N2O/c1-18-13(20)10-4-7-12(19-8-10)9-2-5-11(6-3-9)14(15,16)17/h2-8H,1H3,(H,18,20). The molecule has 2 rings (SSSR count). The minimum absolute atomic E-state index is 0.267. The molecule has 0 atom stereocenters. The minimum Gasteiger partial charge on any atom is -0.355 e. The normalized spacial score (nSPS) is 11.2. The van der Waals surface area contributed by atoms with Crippen molar-refractivity contribution in [2.45, 2.75) is 6.18 Å². The first-order valence-corrected chi connectivity index (χ1v) is 5.77. The van der Waals surface area contributed by atoms with Gasteiger partial charge in [0.05, 0.1) is 16.8 Å². The summed E-state index contributed by atoms with van der Waals surface area (Å²) in [6.45, 7) is 0. The Labute approximate surface area is 113 Å². The Morgan fingerprint density at radius 3 is 2.20 bits per heavy atom. The van der Waals surface area contributed by atoms with Gasteiger partial charge in [0.2, 0.25) is 0 Å². The number of carbonyl (C=O) groups excluding carboxylic acids is 1. The van der Waals surface area contributed by atoms with Gasteiger partial charge in [-0.1, -0.05) is 12.1 Å². The van der Waals surface area contributed by atoms with Crippen molar-refractivity contribution in [3.63, 3.8) is 0 Å². The molecule has 1 N–H and O–H groups in total. The fourth-order valence-electron chi connectivity index (χ4n) is 1.67. The van der Waals surface area contributed by atoms with E-state index in [0.29, 0.717) is 16.8 Å². The zero-order valence-corrected chi connectivity index (χ0v) is 10.5. The van der Waals surface area contributed by atoms with Crippen LogP contribution in [0.5, 0.6) is 0 Å². The number of alkyl halides is 3. The van der Waals surface area contributed by atoms with Crippen LogP contribution >= 0.6 is 0 Å². The summed E-state index contributed by atoms with van der Waals surface area (Å²) in [5, 5.41) is 2.46. The highest BCUT2D eigenvalue weighted by Gasteiger charge is 2.29. The van der Waals surface area contributed by atoms with Crippen molar-refractivity contribution in [2.24, 2.45) is 0 Å². The third-order valence-corrected chi connectivity index (χ3v) is 2.76. The van der Waals surface area contributed by atoms with Gasteiger partial charge in [0.1, 0.15) is 0 Å². The second-order valence-corrected chi connectivity index (χ2v) is 4.09. The number of nitrogens with zero attached hydrogens (tertiary/aromatic N) is 1. The quantitative estimate of drug-likeness (QED) is 0.918. The number of pyridine rings is 1. The maximum atomic E-state index is 12.4. The highest BCUT2D eigenvalue weighted by molar-refractivity contribution is 5.93. The maximum absolute atomic E-state index is 12.4. The number of hydrogen-bond donors (Lipinski definition) is 1. The summed E-state index contributed by atoms with van der Waals surface area (Å²) in [7, 11) is 1.51. The van der Waals surface area contributed by atoms with E-state index in [9.17, 15) is 18.0 Å². The molecule has 1 aromatic heterocycles. The second-order valence-electron chi connectivity index (χ2n) is 4.09. The Hall–Kier alpha value is -2.37. The lowest BCUT2D eigenvalue weighted by atomic mass is 10.1. The molecule has 0 unspecified atom stereocenters. The molecule has 0 radical (unpaired) electrons. The van der Waals surface area contributed by atoms with Gasteiger partial charge in [0.15, 0.2) is 0 Å². The average Bonchev–Trinajstić information content (AvgIpc) is 2.46. The number of carbonyl (C=O) groups is 1. The summed E-state index contributed by atoms with van der Waals surface area (Å²) >= 11 is 0. The number of aromatic nitrogens is 1. The van der Waals surface area contributed by atoms with Gasteiger partial charge in [0.25, 0.3) is 5.91 Å². The number of amides is 1. The zero-order chi connectivity index (χ0) is 14.8. The van der Waals surface area contributed by atoms with Crippen LogP contribution in [0.15, 0.2) is 42.6 Å². The zero-order valence-electron chi connectivity index (χ0n) is 10.5. The molecular weight excluding hydrogens is 269 g/mol. The first-order chi connectivity index (χ1) is 9.41. The van der Waals surface area contributed by atoms with Crippen LogP contribution in [0.2, 0.25) is 0 Å². The number of rotatable bonds is 2. The summed E-state index contributed by atoms with van der Waals surface area (Å²) < 4.78 is 37.3. The van der Waals surface area contributed by atoms with Gasteiger partial charge in [-0.3, -0.25) is 9.78 Å². The summed E-state index contributed by atoms with van der Waals surface area (Å²) in [6.07, 6.45) is -2.97. The Morgan fingerprint density at radius 1 is 1.10 bits per heavy atom. The molecule has 20 heavy (non-hydrogen) atoms. The van der Waals surface area contributed by atoms with Gasteiger partial charge in [-0.25, -0.2) is 0 Å². The van der Waals surface area contributed by atoms with E-state index in [-0.39, 0.29) is 5.91 Å². The van der Waals surface area contributed by atoms with Gasteiger partial charge < -0.3 is 5.32 Å². The van der Waals surface area contributed by atoms with Crippen LogP contribution in [0.25, 0.3) is 11.3 Å². The Balaban J connectivity index is 2.26. The highest BCUT2D eigenvalue weighted by Crippen LogP contribution is 2.30. The average molecular weight is 280 g/mol. The largest absolute Gasteiger partial charge is 0.416 e. The van der Waals surface area contributed by atoms with Crippen molar-refractivity contribution < 1.29 is 18.0 Å². The van der Waals surface area contributed by atoms with Crippen molar-refractivity contribution in [3.8, 4) is 11.3 Å². The predicted molar refractivity (Wildman–Crippen MR) is 68.1 cm³/mol. The van der Waals surface area contributed by atoms with Crippen molar-refractivity contribution >= 4 is 5.91 Å². The lowest BCUT2D eigenvalue weighted by molar-refractivity contribution is -0.137. The third-order valence-electron chi connectivity index (χ3n) is 2.76. The lowest BCUT2D eigenvalue weighted by Gasteiger charge is -2.07. The summed E-state index contributed by atoms with van der Waals surface area (Å²) in [6, 6.07) is 7.87. The Morgan fingerprint density at radius 2 is 1.75 bits per heavy atom. The summed E-state index contributed by atoms with van der Waals surface area (Å²) in [5.74, 6) is -0.267. The molecule has 6 heteroatoms.